The van der Waals surface area contributed by atoms with Crippen molar-refractivity contribution in [2.45, 2.75) is 0 Å². The number of thiazole rings is 1. The summed E-state index contributed by atoms with van der Waals surface area (Å²) in [5.74, 6) is 0. The third-order valence-electron chi connectivity index (χ3n) is 3.46. The highest BCUT2D eigenvalue weighted by Gasteiger charge is 2.12. The van der Waals surface area contributed by atoms with Crippen molar-refractivity contribution >= 4 is 28.4 Å². The zero-order valence-corrected chi connectivity index (χ0v) is 12.8. The van der Waals surface area contributed by atoms with E-state index in [9.17, 15) is 4.79 Å². The Morgan fingerprint density at radius 2 is 2.00 bits per heavy atom. The van der Waals surface area contributed by atoms with Gasteiger partial charge in [0.05, 0.1) is 11.4 Å². The summed E-state index contributed by atoms with van der Waals surface area (Å²) in [6, 6.07) is 11.8. The van der Waals surface area contributed by atoms with Gasteiger partial charge in [-0.2, -0.15) is 0 Å². The highest BCUT2D eigenvalue weighted by Crippen LogP contribution is 2.27. The fourth-order valence-electron chi connectivity index (χ4n) is 2.42. The summed E-state index contributed by atoms with van der Waals surface area (Å²) in [6.45, 7) is 0. The van der Waals surface area contributed by atoms with Crippen LogP contribution >= 0.6 is 11.3 Å². The van der Waals surface area contributed by atoms with Gasteiger partial charge in [0.15, 0.2) is 4.96 Å². The van der Waals surface area contributed by atoms with Crippen LogP contribution in [0.4, 0.5) is 0 Å². The molecule has 6 heteroatoms. The Balaban J connectivity index is 1.85. The number of benzene rings is 1. The molecule has 23 heavy (non-hydrogen) atoms. The SMILES string of the molecule is O=c1nccc(C=Cc2c(-c3ccccc3)nc3sccn23)[nH]1. The number of nitrogens with one attached hydrogen (secondary N) is 1. The van der Waals surface area contributed by atoms with E-state index >= 15 is 0 Å². The van der Waals surface area contributed by atoms with E-state index in [1.165, 1.54) is 6.20 Å². The van der Waals surface area contributed by atoms with E-state index in [2.05, 4.69) is 9.97 Å². The molecule has 0 radical (unpaired) electrons. The summed E-state index contributed by atoms with van der Waals surface area (Å²) in [7, 11) is 0. The van der Waals surface area contributed by atoms with Gasteiger partial charge in [-0.1, -0.05) is 30.3 Å². The Bertz CT molecular complexity index is 1040. The fraction of sp³-hybridized carbons (Fsp3) is 0. The van der Waals surface area contributed by atoms with Gasteiger partial charge in [0.1, 0.15) is 0 Å². The highest BCUT2D eigenvalue weighted by atomic mass is 32.1. The standard InChI is InChI=1S/C17H12N4OS/c22-16-18-9-8-13(19-16)6-7-14-15(12-4-2-1-3-5-12)20-17-21(14)10-11-23-17/h1-11H,(H,18,19,22). The molecule has 3 aromatic heterocycles. The van der Waals surface area contributed by atoms with Crippen molar-refractivity contribution in [1.82, 2.24) is 19.4 Å². The molecule has 0 atom stereocenters. The van der Waals surface area contributed by atoms with Crippen LogP contribution in [-0.2, 0) is 0 Å². The number of aromatic amines is 1. The van der Waals surface area contributed by atoms with Crippen LogP contribution in [0.5, 0.6) is 0 Å². The summed E-state index contributed by atoms with van der Waals surface area (Å²) >= 11 is 1.59. The third-order valence-corrected chi connectivity index (χ3v) is 4.22. The quantitative estimate of drug-likeness (QED) is 0.630. The predicted molar refractivity (Wildman–Crippen MR) is 92.3 cm³/mol. The van der Waals surface area contributed by atoms with Gasteiger partial charge < -0.3 is 4.98 Å². The number of hydrogen-bond acceptors (Lipinski definition) is 4. The molecule has 1 N–H and O–H groups in total. The van der Waals surface area contributed by atoms with Crippen LogP contribution < -0.4 is 5.69 Å². The average molecular weight is 320 g/mol. The molecular formula is C17H12N4OS. The Morgan fingerprint density at radius 1 is 1.13 bits per heavy atom. The first-order chi connectivity index (χ1) is 11.3. The zero-order chi connectivity index (χ0) is 15.6. The molecule has 0 aliphatic carbocycles. The van der Waals surface area contributed by atoms with Crippen molar-refractivity contribution in [1.29, 1.82) is 0 Å². The van der Waals surface area contributed by atoms with E-state index in [1.54, 1.807) is 17.4 Å². The van der Waals surface area contributed by atoms with E-state index < -0.39 is 0 Å². The molecule has 1 aromatic carbocycles. The molecule has 5 nitrogen and oxygen atoms in total. The molecule has 0 amide bonds. The maximum Gasteiger partial charge on any atom is 0.345 e. The van der Waals surface area contributed by atoms with Crippen LogP contribution in [0.2, 0.25) is 0 Å². The molecule has 3 heterocycles. The van der Waals surface area contributed by atoms with Crippen LogP contribution in [0.15, 0.2) is 59.0 Å². The largest absolute Gasteiger partial charge is 0.345 e. The summed E-state index contributed by atoms with van der Waals surface area (Å²) < 4.78 is 2.04. The highest BCUT2D eigenvalue weighted by molar-refractivity contribution is 7.15. The van der Waals surface area contributed by atoms with E-state index in [0.717, 1.165) is 21.9 Å². The minimum atomic E-state index is -0.357. The second kappa shape index (κ2) is 5.66. The Hall–Kier alpha value is -2.99. The van der Waals surface area contributed by atoms with Gasteiger partial charge in [0.25, 0.3) is 0 Å². The van der Waals surface area contributed by atoms with E-state index in [-0.39, 0.29) is 5.69 Å². The van der Waals surface area contributed by atoms with E-state index in [4.69, 9.17) is 4.98 Å². The molecular weight excluding hydrogens is 308 g/mol. The molecule has 4 rings (SSSR count). The minimum absolute atomic E-state index is 0.357. The molecule has 0 bridgehead atoms. The Morgan fingerprint density at radius 3 is 2.83 bits per heavy atom. The summed E-state index contributed by atoms with van der Waals surface area (Å²) in [5, 5.41) is 2.00. The normalized spacial score (nSPS) is 11.5. The van der Waals surface area contributed by atoms with Crippen molar-refractivity contribution in [3.05, 3.63) is 76.0 Å². The lowest BCUT2D eigenvalue weighted by molar-refractivity contribution is 1.06. The van der Waals surface area contributed by atoms with Crippen molar-refractivity contribution in [3.8, 4) is 11.3 Å². The molecule has 0 aliphatic heterocycles. The van der Waals surface area contributed by atoms with Gasteiger partial charge in [-0.25, -0.2) is 14.8 Å². The number of H-pyrrole nitrogens is 1. The Kier molecular flexibility index (Phi) is 3.36. The molecule has 0 saturated carbocycles. The molecule has 0 saturated heterocycles. The number of imidazole rings is 1. The maximum absolute atomic E-state index is 11.3. The monoisotopic (exact) mass is 320 g/mol. The maximum atomic E-state index is 11.3. The smallest absolute Gasteiger partial charge is 0.306 e. The minimum Gasteiger partial charge on any atom is -0.306 e. The lowest BCUT2D eigenvalue weighted by atomic mass is 10.1. The molecule has 0 unspecified atom stereocenters. The molecule has 0 aliphatic rings. The zero-order valence-electron chi connectivity index (χ0n) is 12.0. The lowest BCUT2D eigenvalue weighted by Crippen LogP contribution is -2.09. The number of nitrogens with zero attached hydrogens (tertiary/aromatic N) is 3. The van der Waals surface area contributed by atoms with Gasteiger partial charge in [-0.15, -0.1) is 11.3 Å². The number of hydrogen-bond donors (Lipinski definition) is 1. The van der Waals surface area contributed by atoms with Crippen molar-refractivity contribution in [2.24, 2.45) is 0 Å². The third kappa shape index (κ3) is 2.60. The van der Waals surface area contributed by atoms with Crippen LogP contribution in [0.1, 0.15) is 11.4 Å². The first-order valence-electron chi connectivity index (χ1n) is 7.06. The topological polar surface area (TPSA) is 63.1 Å². The first kappa shape index (κ1) is 13.7. The summed E-state index contributed by atoms with van der Waals surface area (Å²) in [6.07, 6.45) is 7.30. The molecule has 0 fully saturated rings. The summed E-state index contributed by atoms with van der Waals surface area (Å²) in [5.41, 5.74) is 3.31. The lowest BCUT2D eigenvalue weighted by Gasteiger charge is -2.00. The molecule has 112 valence electrons. The molecule has 0 spiro atoms. The van der Waals surface area contributed by atoms with Crippen molar-refractivity contribution < 1.29 is 0 Å². The van der Waals surface area contributed by atoms with Gasteiger partial charge in [-0.05, 0) is 18.2 Å². The number of fused-ring (bicyclic) bond motifs is 1. The number of aromatic nitrogens is 4. The second-order valence-corrected chi connectivity index (χ2v) is 5.80. The number of rotatable bonds is 3. The van der Waals surface area contributed by atoms with Crippen LogP contribution in [0.25, 0.3) is 28.4 Å². The van der Waals surface area contributed by atoms with Crippen LogP contribution in [0.3, 0.4) is 0 Å². The van der Waals surface area contributed by atoms with Gasteiger partial charge >= 0.3 is 5.69 Å². The second-order valence-electron chi connectivity index (χ2n) is 4.93. The van der Waals surface area contributed by atoms with Crippen molar-refractivity contribution in [3.63, 3.8) is 0 Å². The first-order valence-corrected chi connectivity index (χ1v) is 7.93. The van der Waals surface area contributed by atoms with E-state index in [0.29, 0.717) is 5.69 Å². The van der Waals surface area contributed by atoms with Crippen LogP contribution in [0, 0.1) is 0 Å². The van der Waals surface area contributed by atoms with Crippen molar-refractivity contribution in [2.75, 3.05) is 0 Å². The van der Waals surface area contributed by atoms with E-state index in [1.807, 2.05) is 58.5 Å². The Labute approximate surface area is 135 Å². The van der Waals surface area contributed by atoms with Gasteiger partial charge in [-0.3, -0.25) is 4.40 Å². The van der Waals surface area contributed by atoms with Gasteiger partial charge in [0, 0.05) is 29.0 Å². The fourth-order valence-corrected chi connectivity index (χ4v) is 3.14. The summed E-state index contributed by atoms with van der Waals surface area (Å²) in [4.78, 5) is 23.3. The van der Waals surface area contributed by atoms with Crippen LogP contribution in [-0.4, -0.2) is 19.4 Å². The molecule has 4 aromatic rings. The average Bonchev–Trinajstić information content (AvgIpc) is 3.15. The predicted octanol–water partition coefficient (Wildman–Crippen LogP) is 3.32. The van der Waals surface area contributed by atoms with Gasteiger partial charge in [0.2, 0.25) is 0 Å².